The van der Waals surface area contributed by atoms with Crippen molar-refractivity contribution in [1.82, 2.24) is 18.9 Å². The summed E-state index contributed by atoms with van der Waals surface area (Å²) in [4.78, 5) is 17.7. The average Bonchev–Trinajstić information content (AvgIpc) is 2.83. The first-order valence-corrected chi connectivity index (χ1v) is 8.90. The topological polar surface area (TPSA) is 85.5 Å². The van der Waals surface area contributed by atoms with Crippen LogP contribution in [0.3, 0.4) is 0 Å². The van der Waals surface area contributed by atoms with E-state index in [-0.39, 0.29) is 0 Å². The van der Waals surface area contributed by atoms with Gasteiger partial charge in [-0.3, -0.25) is 4.79 Å². The maximum Gasteiger partial charge on any atom is 0.304 e. The molecule has 0 bridgehead atoms. The fourth-order valence-corrected chi connectivity index (χ4v) is 3.94. The van der Waals surface area contributed by atoms with Crippen molar-refractivity contribution in [2.45, 2.75) is 6.92 Å². The van der Waals surface area contributed by atoms with Gasteiger partial charge in [0.2, 0.25) is 0 Å². The molecule has 0 spiro atoms. The van der Waals surface area contributed by atoms with Crippen LogP contribution < -0.4 is 4.72 Å². The normalized spacial score (nSPS) is 17.5. The first-order chi connectivity index (χ1) is 10.9. The number of aromatic amines is 1. The zero-order valence-electron chi connectivity index (χ0n) is 13.2. The average molecular weight is 336 g/mol. The number of hydrogen-bond donors (Lipinski definition) is 2. The predicted molar refractivity (Wildman–Crippen MR) is 88.5 cm³/mol. The highest BCUT2D eigenvalue weighted by atomic mass is 32.2. The molecule has 3 rings (SSSR count). The van der Waals surface area contributed by atoms with Crippen LogP contribution in [-0.4, -0.2) is 61.7 Å². The Bertz CT molecular complexity index is 836. The van der Waals surface area contributed by atoms with Crippen LogP contribution in [0.4, 0.5) is 0 Å². The Labute approximate surface area is 135 Å². The number of H-pyrrole nitrogens is 1. The molecule has 8 heteroatoms. The zero-order valence-corrected chi connectivity index (χ0v) is 14.0. The minimum Gasteiger partial charge on any atom is -0.358 e. The number of carbonyl (C=O) groups is 1. The lowest BCUT2D eigenvalue weighted by Gasteiger charge is -2.31. The highest BCUT2D eigenvalue weighted by Crippen LogP contribution is 2.22. The van der Waals surface area contributed by atoms with Gasteiger partial charge in [0, 0.05) is 42.8 Å². The summed E-state index contributed by atoms with van der Waals surface area (Å²) in [5.41, 5.74) is 1.84. The van der Waals surface area contributed by atoms with Crippen LogP contribution >= 0.6 is 0 Å². The Balaban J connectivity index is 1.84. The summed E-state index contributed by atoms with van der Waals surface area (Å²) < 4.78 is 28.3. The number of fused-ring (bicyclic) bond motifs is 1. The molecule has 7 nitrogen and oxygen atoms in total. The summed E-state index contributed by atoms with van der Waals surface area (Å²) in [5.74, 6) is -0.598. The van der Waals surface area contributed by atoms with E-state index in [4.69, 9.17) is 0 Å². The molecule has 124 valence electrons. The molecule has 2 N–H and O–H groups in total. The first kappa shape index (κ1) is 16.0. The van der Waals surface area contributed by atoms with Gasteiger partial charge in [0.25, 0.3) is 5.91 Å². The molecular weight excluding hydrogens is 316 g/mol. The fraction of sp³-hybridized carbons (Fsp3) is 0.400. The smallest absolute Gasteiger partial charge is 0.304 e. The molecule has 1 aliphatic rings. The molecule has 0 aliphatic carbocycles. The lowest BCUT2D eigenvalue weighted by molar-refractivity contribution is 0.0978. The number of rotatable bonds is 3. The van der Waals surface area contributed by atoms with Gasteiger partial charge in [-0.1, -0.05) is 18.2 Å². The maximum atomic E-state index is 12.5. The van der Waals surface area contributed by atoms with Crippen LogP contribution in [-0.2, 0) is 10.2 Å². The highest BCUT2D eigenvalue weighted by Gasteiger charge is 2.29. The van der Waals surface area contributed by atoms with E-state index in [9.17, 15) is 13.2 Å². The van der Waals surface area contributed by atoms with Crippen LogP contribution in [0, 0.1) is 6.92 Å². The van der Waals surface area contributed by atoms with Crippen molar-refractivity contribution in [1.29, 1.82) is 0 Å². The van der Waals surface area contributed by atoms with E-state index in [1.54, 1.807) is 13.0 Å². The summed E-state index contributed by atoms with van der Waals surface area (Å²) >= 11 is 0. The second-order valence-corrected chi connectivity index (χ2v) is 7.48. The minimum atomic E-state index is -3.82. The van der Waals surface area contributed by atoms with Crippen molar-refractivity contribution in [2.75, 3.05) is 33.2 Å². The SMILES string of the molecule is Cc1[nH]c2ccccc2c1C(=O)NS(=O)(=O)N1CCN(C)CC1. The van der Waals surface area contributed by atoms with Crippen LogP contribution in [0.2, 0.25) is 0 Å². The summed E-state index contributed by atoms with van der Waals surface area (Å²) in [7, 11) is -1.88. The quantitative estimate of drug-likeness (QED) is 0.864. The third-order valence-electron chi connectivity index (χ3n) is 4.14. The van der Waals surface area contributed by atoms with Gasteiger partial charge < -0.3 is 9.88 Å². The van der Waals surface area contributed by atoms with Crippen molar-refractivity contribution in [2.24, 2.45) is 0 Å². The number of piperazine rings is 1. The van der Waals surface area contributed by atoms with E-state index in [0.29, 0.717) is 37.4 Å². The molecule has 1 saturated heterocycles. The molecule has 0 radical (unpaired) electrons. The molecule has 1 fully saturated rings. The summed E-state index contributed by atoms with van der Waals surface area (Å²) in [5, 5.41) is 0.719. The van der Waals surface area contributed by atoms with Crippen LogP contribution in [0.25, 0.3) is 10.9 Å². The summed E-state index contributed by atoms with van der Waals surface area (Å²) in [6.45, 7) is 3.83. The second-order valence-electron chi connectivity index (χ2n) is 5.81. The largest absolute Gasteiger partial charge is 0.358 e. The van der Waals surface area contributed by atoms with E-state index in [0.717, 1.165) is 10.9 Å². The minimum absolute atomic E-state index is 0.373. The van der Waals surface area contributed by atoms with Crippen molar-refractivity contribution >= 4 is 27.0 Å². The number of carbonyl (C=O) groups excluding carboxylic acids is 1. The number of aromatic nitrogens is 1. The number of aryl methyl sites for hydroxylation is 1. The molecule has 0 saturated carbocycles. The predicted octanol–water partition coefficient (Wildman–Crippen LogP) is 0.698. The summed E-state index contributed by atoms with van der Waals surface area (Å²) in [6, 6.07) is 7.34. The van der Waals surface area contributed by atoms with E-state index < -0.39 is 16.1 Å². The number of hydrogen-bond acceptors (Lipinski definition) is 4. The Morgan fingerprint density at radius 1 is 1.17 bits per heavy atom. The van der Waals surface area contributed by atoms with E-state index >= 15 is 0 Å². The molecule has 2 heterocycles. The molecule has 1 aromatic heterocycles. The standard InChI is InChI=1S/C15H20N4O3S/c1-11-14(12-5-3-4-6-13(12)16-11)15(20)17-23(21,22)19-9-7-18(2)8-10-19/h3-6,16H,7-10H2,1-2H3,(H,17,20). The molecular formula is C15H20N4O3S. The maximum absolute atomic E-state index is 12.5. The van der Waals surface area contributed by atoms with Gasteiger partial charge in [-0.25, -0.2) is 4.72 Å². The van der Waals surface area contributed by atoms with Crippen molar-refractivity contribution in [3.63, 3.8) is 0 Å². The van der Waals surface area contributed by atoms with Crippen LogP contribution in [0.5, 0.6) is 0 Å². The van der Waals surface area contributed by atoms with Gasteiger partial charge >= 0.3 is 10.2 Å². The molecule has 1 aliphatic heterocycles. The molecule has 1 amide bonds. The van der Waals surface area contributed by atoms with Gasteiger partial charge in [-0.2, -0.15) is 12.7 Å². The number of nitrogens with zero attached hydrogens (tertiary/aromatic N) is 2. The first-order valence-electron chi connectivity index (χ1n) is 7.46. The summed E-state index contributed by atoms with van der Waals surface area (Å²) in [6.07, 6.45) is 0. The zero-order chi connectivity index (χ0) is 16.6. The fourth-order valence-electron chi connectivity index (χ4n) is 2.83. The number of benzene rings is 1. The van der Waals surface area contributed by atoms with Crippen molar-refractivity contribution in [3.05, 3.63) is 35.5 Å². The number of likely N-dealkylation sites (N-methyl/N-ethyl adjacent to an activating group) is 1. The lowest BCUT2D eigenvalue weighted by atomic mass is 10.1. The van der Waals surface area contributed by atoms with Crippen molar-refractivity contribution < 1.29 is 13.2 Å². The molecule has 1 aromatic carbocycles. The third-order valence-corrected chi connectivity index (χ3v) is 5.63. The molecule has 0 atom stereocenters. The monoisotopic (exact) mass is 336 g/mol. The van der Waals surface area contributed by atoms with Crippen LogP contribution in [0.15, 0.2) is 24.3 Å². The van der Waals surface area contributed by atoms with Gasteiger partial charge in [0.15, 0.2) is 0 Å². The van der Waals surface area contributed by atoms with Crippen molar-refractivity contribution in [3.8, 4) is 0 Å². The lowest BCUT2D eigenvalue weighted by Crippen LogP contribution is -2.52. The molecule has 2 aromatic rings. The van der Waals surface area contributed by atoms with Gasteiger partial charge in [0.05, 0.1) is 5.56 Å². The van der Waals surface area contributed by atoms with Gasteiger partial charge in [-0.05, 0) is 20.0 Å². The molecule has 0 unspecified atom stereocenters. The Morgan fingerprint density at radius 3 is 2.52 bits per heavy atom. The van der Waals surface area contributed by atoms with E-state index in [1.807, 2.05) is 25.2 Å². The Hall–Kier alpha value is -1.90. The van der Waals surface area contributed by atoms with E-state index in [1.165, 1.54) is 4.31 Å². The number of nitrogens with one attached hydrogen (secondary N) is 2. The van der Waals surface area contributed by atoms with E-state index in [2.05, 4.69) is 14.6 Å². The van der Waals surface area contributed by atoms with Gasteiger partial charge in [-0.15, -0.1) is 0 Å². The number of para-hydroxylation sites is 1. The molecule has 23 heavy (non-hydrogen) atoms. The third kappa shape index (κ3) is 3.10. The van der Waals surface area contributed by atoms with Gasteiger partial charge in [0.1, 0.15) is 0 Å². The van der Waals surface area contributed by atoms with Crippen LogP contribution in [0.1, 0.15) is 16.1 Å². The Morgan fingerprint density at radius 2 is 1.83 bits per heavy atom. The number of amides is 1. The second kappa shape index (κ2) is 5.95. The Kier molecular flexibility index (Phi) is 4.13. The highest BCUT2D eigenvalue weighted by molar-refractivity contribution is 7.87.